The molecule has 0 aliphatic heterocycles. The summed E-state index contributed by atoms with van der Waals surface area (Å²) < 4.78 is 6.48. The molecule has 0 radical (unpaired) electrons. The van der Waals surface area contributed by atoms with Gasteiger partial charge in [-0.05, 0) is 46.0 Å². The van der Waals surface area contributed by atoms with Crippen LogP contribution < -0.4 is 15.6 Å². The van der Waals surface area contributed by atoms with Gasteiger partial charge in [-0.1, -0.05) is 24.3 Å². The molecule has 8 heteroatoms. The van der Waals surface area contributed by atoms with Crippen molar-refractivity contribution >= 4 is 34.3 Å². The van der Waals surface area contributed by atoms with E-state index in [-0.39, 0.29) is 12.3 Å². The lowest BCUT2D eigenvalue weighted by Crippen LogP contribution is -2.36. The van der Waals surface area contributed by atoms with Crippen molar-refractivity contribution in [3.63, 3.8) is 0 Å². The molecule has 0 bridgehead atoms. The number of aromatic amines is 1. The molecule has 0 atom stereocenters. The van der Waals surface area contributed by atoms with Gasteiger partial charge in [0.15, 0.2) is 0 Å². The zero-order valence-corrected chi connectivity index (χ0v) is 15.6. The number of nitrogens with one attached hydrogen (secondary N) is 2. The highest BCUT2D eigenvalue weighted by atomic mass is 32.2. The monoisotopic (exact) mass is 393 g/mol. The van der Waals surface area contributed by atoms with Crippen molar-refractivity contribution < 1.29 is 14.0 Å². The van der Waals surface area contributed by atoms with E-state index in [4.69, 9.17) is 4.52 Å². The quantitative estimate of drug-likeness (QED) is 0.388. The second-order valence-corrected chi connectivity index (χ2v) is 7.06. The van der Waals surface area contributed by atoms with Crippen LogP contribution in [0.3, 0.4) is 0 Å². The molecule has 4 rings (SSSR count). The van der Waals surface area contributed by atoms with E-state index in [1.54, 1.807) is 10.9 Å². The Morgan fingerprint density at radius 3 is 2.82 bits per heavy atom. The third-order valence-corrected chi connectivity index (χ3v) is 5.14. The van der Waals surface area contributed by atoms with Crippen LogP contribution in [0.4, 0.5) is 5.69 Å². The number of anilines is 1. The molecule has 1 amide bonds. The van der Waals surface area contributed by atoms with Crippen molar-refractivity contribution in [2.24, 2.45) is 0 Å². The number of benzene rings is 2. The predicted octanol–water partition coefficient (Wildman–Crippen LogP) is 2.91. The molecule has 2 aromatic heterocycles. The lowest BCUT2D eigenvalue weighted by atomic mass is 10.2. The number of fused-ring (bicyclic) bond motifs is 1. The van der Waals surface area contributed by atoms with Gasteiger partial charge in [0.05, 0.1) is 11.2 Å². The third-order valence-electron chi connectivity index (χ3n) is 4.11. The Morgan fingerprint density at radius 2 is 1.96 bits per heavy atom. The van der Waals surface area contributed by atoms with Gasteiger partial charge in [-0.15, -0.1) is 0 Å². The number of para-hydroxylation sites is 1. The van der Waals surface area contributed by atoms with Crippen LogP contribution in [0.1, 0.15) is 6.42 Å². The molecule has 0 aliphatic rings. The number of amides is 1. The SMILES string of the molecule is O=C(CCSc1c(=O)o[nH][n+]1-c1ccccc1)Nc1cccc2ncccc12. The van der Waals surface area contributed by atoms with Crippen LogP contribution in [0, 0.1) is 0 Å². The summed E-state index contributed by atoms with van der Waals surface area (Å²) in [5.41, 5.74) is 1.86. The second-order valence-electron chi connectivity index (χ2n) is 5.98. The number of nitrogens with zero attached hydrogens (tertiary/aromatic N) is 2. The van der Waals surface area contributed by atoms with Crippen LogP contribution >= 0.6 is 11.8 Å². The molecule has 0 unspecified atom stereocenters. The molecule has 140 valence electrons. The van der Waals surface area contributed by atoms with E-state index in [2.05, 4.69) is 15.6 Å². The fourth-order valence-electron chi connectivity index (χ4n) is 2.80. The minimum atomic E-state index is -0.464. The maximum Gasteiger partial charge on any atom is 0.442 e. The number of aromatic nitrogens is 3. The van der Waals surface area contributed by atoms with Crippen LogP contribution in [0.2, 0.25) is 0 Å². The summed E-state index contributed by atoms with van der Waals surface area (Å²) in [5.74, 6) is 0.305. The third kappa shape index (κ3) is 3.81. The molecule has 2 aromatic carbocycles. The number of H-pyrrole nitrogens is 1. The van der Waals surface area contributed by atoms with E-state index in [1.165, 1.54) is 11.8 Å². The predicted molar refractivity (Wildman–Crippen MR) is 107 cm³/mol. The molecule has 0 saturated carbocycles. The van der Waals surface area contributed by atoms with Gasteiger partial charge in [0.1, 0.15) is 0 Å². The molecule has 28 heavy (non-hydrogen) atoms. The van der Waals surface area contributed by atoms with E-state index < -0.39 is 5.63 Å². The summed E-state index contributed by atoms with van der Waals surface area (Å²) in [6.45, 7) is 0. The summed E-state index contributed by atoms with van der Waals surface area (Å²) in [6.07, 6.45) is 1.97. The Labute approximate surface area is 164 Å². The van der Waals surface area contributed by atoms with Gasteiger partial charge in [0.2, 0.25) is 11.6 Å². The molecule has 0 aliphatic carbocycles. The first-order valence-electron chi connectivity index (χ1n) is 8.68. The Morgan fingerprint density at radius 1 is 1.11 bits per heavy atom. The van der Waals surface area contributed by atoms with Crippen molar-refractivity contribution in [1.82, 2.24) is 10.3 Å². The molecule has 0 fully saturated rings. The topological polar surface area (TPSA) is 91.9 Å². The van der Waals surface area contributed by atoms with Crippen LogP contribution in [0.5, 0.6) is 0 Å². The van der Waals surface area contributed by atoms with Crippen molar-refractivity contribution in [3.8, 4) is 5.69 Å². The van der Waals surface area contributed by atoms with Gasteiger partial charge in [0.25, 0.3) is 0 Å². The number of pyridine rings is 1. The Bertz CT molecular complexity index is 1170. The molecular formula is C20H17N4O3S+. The fraction of sp³-hybridized carbons (Fsp3) is 0.100. The number of hydrogen-bond acceptors (Lipinski definition) is 5. The Balaban J connectivity index is 1.41. The summed E-state index contributed by atoms with van der Waals surface area (Å²) in [6, 6.07) is 18.7. The molecule has 4 aromatic rings. The molecule has 2 heterocycles. The number of hydrogen-bond donors (Lipinski definition) is 2. The Kier molecular flexibility index (Phi) is 5.20. The fourth-order valence-corrected chi connectivity index (χ4v) is 3.71. The lowest BCUT2D eigenvalue weighted by molar-refractivity contribution is -0.704. The maximum atomic E-state index is 12.4. The van der Waals surface area contributed by atoms with Gasteiger partial charge >= 0.3 is 10.7 Å². The highest BCUT2D eigenvalue weighted by molar-refractivity contribution is 7.99. The summed E-state index contributed by atoms with van der Waals surface area (Å²) >= 11 is 1.27. The number of carbonyl (C=O) groups excluding carboxylic acids is 1. The molecular weight excluding hydrogens is 376 g/mol. The first-order valence-corrected chi connectivity index (χ1v) is 9.66. The standard InChI is InChI=1S/C20H16N4O3S/c25-18(22-17-10-4-9-16-15(17)8-5-12-21-16)11-13-28-19-20(26)27-23-24(19)14-6-2-1-3-7-14/h1-10,12H,11,13H2,(H-,21,22,23,25,26)/p+1. The summed E-state index contributed by atoms with van der Waals surface area (Å²) in [4.78, 5) is 28.6. The van der Waals surface area contributed by atoms with E-state index in [0.717, 1.165) is 22.3 Å². The van der Waals surface area contributed by atoms with Gasteiger partial charge in [0, 0.05) is 35.9 Å². The van der Waals surface area contributed by atoms with Crippen molar-refractivity contribution in [3.05, 3.63) is 77.3 Å². The average Bonchev–Trinajstić information content (AvgIpc) is 3.09. The second kappa shape index (κ2) is 8.10. The van der Waals surface area contributed by atoms with Crippen LogP contribution in [0.25, 0.3) is 16.6 Å². The highest BCUT2D eigenvalue weighted by Crippen LogP contribution is 2.21. The zero-order valence-electron chi connectivity index (χ0n) is 14.8. The molecule has 2 N–H and O–H groups in total. The minimum Gasteiger partial charge on any atom is -0.325 e. The van der Waals surface area contributed by atoms with Crippen LogP contribution in [-0.4, -0.2) is 21.9 Å². The van der Waals surface area contributed by atoms with E-state index >= 15 is 0 Å². The average molecular weight is 393 g/mol. The normalized spacial score (nSPS) is 10.9. The largest absolute Gasteiger partial charge is 0.442 e. The molecule has 0 spiro atoms. The van der Waals surface area contributed by atoms with Crippen molar-refractivity contribution in [1.29, 1.82) is 0 Å². The van der Waals surface area contributed by atoms with Crippen LogP contribution in [-0.2, 0) is 4.79 Å². The van der Waals surface area contributed by atoms with E-state index in [1.807, 2.05) is 60.7 Å². The number of rotatable bonds is 6. The first-order chi connectivity index (χ1) is 13.7. The highest BCUT2D eigenvalue weighted by Gasteiger charge is 2.23. The van der Waals surface area contributed by atoms with Gasteiger partial charge in [-0.3, -0.25) is 14.3 Å². The van der Waals surface area contributed by atoms with E-state index in [9.17, 15) is 9.59 Å². The maximum absolute atomic E-state index is 12.4. The van der Waals surface area contributed by atoms with Gasteiger partial charge in [-0.25, -0.2) is 4.79 Å². The van der Waals surface area contributed by atoms with E-state index in [0.29, 0.717) is 10.8 Å². The van der Waals surface area contributed by atoms with Crippen molar-refractivity contribution in [2.45, 2.75) is 11.4 Å². The molecule has 7 nitrogen and oxygen atoms in total. The number of carbonyl (C=O) groups is 1. The smallest absolute Gasteiger partial charge is 0.325 e. The first kappa shape index (κ1) is 18.0. The van der Waals surface area contributed by atoms with Crippen LogP contribution in [0.15, 0.2) is 81.2 Å². The minimum absolute atomic E-state index is 0.130. The van der Waals surface area contributed by atoms with Crippen molar-refractivity contribution in [2.75, 3.05) is 11.1 Å². The summed E-state index contributed by atoms with van der Waals surface area (Å²) in [7, 11) is 0. The van der Waals surface area contributed by atoms with Gasteiger partial charge < -0.3 is 5.32 Å². The molecule has 0 saturated heterocycles. The number of thioether (sulfide) groups is 1. The van der Waals surface area contributed by atoms with Gasteiger partial charge in [-0.2, -0.15) is 0 Å². The Hall–Kier alpha value is -3.39. The lowest BCUT2D eigenvalue weighted by Gasteiger charge is -2.07. The summed E-state index contributed by atoms with van der Waals surface area (Å²) in [5, 5.41) is 6.79. The zero-order chi connectivity index (χ0) is 19.3.